The van der Waals surface area contributed by atoms with Gasteiger partial charge in [-0.05, 0) is 67.1 Å². The Morgan fingerprint density at radius 1 is 1.28 bits per heavy atom. The molecule has 0 bridgehead atoms. The first-order valence-electron chi connectivity index (χ1n) is 12.8. The maximum Gasteiger partial charge on any atom is 0.416 e. The minimum Gasteiger partial charge on any atom is -0.375 e. The van der Waals surface area contributed by atoms with E-state index in [0.29, 0.717) is 16.8 Å². The summed E-state index contributed by atoms with van der Waals surface area (Å²) in [6.45, 7) is 1.54. The lowest BCUT2D eigenvalue weighted by Gasteiger charge is -2.42. The molecule has 1 atom stereocenters. The van der Waals surface area contributed by atoms with Crippen molar-refractivity contribution < 1.29 is 28.5 Å². The quantitative estimate of drug-likeness (QED) is 0.232. The first-order chi connectivity index (χ1) is 18.3. The molecular weight excluding hydrogens is 514 g/mol. The van der Waals surface area contributed by atoms with Gasteiger partial charge >= 0.3 is 6.18 Å². The van der Waals surface area contributed by atoms with Crippen LogP contribution in [0.3, 0.4) is 0 Å². The molecule has 2 heterocycles. The van der Waals surface area contributed by atoms with Gasteiger partial charge in [0, 0.05) is 31.8 Å². The fraction of sp³-hybridized carbons (Fsp3) is 0.464. The first kappa shape index (κ1) is 27.3. The van der Waals surface area contributed by atoms with Gasteiger partial charge in [-0.1, -0.05) is 12.1 Å². The van der Waals surface area contributed by atoms with Crippen LogP contribution in [-0.4, -0.2) is 54.5 Å². The van der Waals surface area contributed by atoms with Crippen LogP contribution in [0.15, 0.2) is 36.4 Å². The van der Waals surface area contributed by atoms with E-state index in [0.717, 1.165) is 31.7 Å². The molecule has 2 aromatic rings. The summed E-state index contributed by atoms with van der Waals surface area (Å²) in [6.07, 6.45) is -0.760. The molecule has 210 valence electrons. The summed E-state index contributed by atoms with van der Waals surface area (Å²) < 4.78 is 63.1. The van der Waals surface area contributed by atoms with Crippen LogP contribution >= 0.6 is 0 Å². The van der Waals surface area contributed by atoms with Crippen LogP contribution in [0.1, 0.15) is 66.1 Å². The second kappa shape index (κ2) is 9.71. The van der Waals surface area contributed by atoms with Gasteiger partial charge in [-0.3, -0.25) is 15.6 Å². The van der Waals surface area contributed by atoms with E-state index in [1.807, 2.05) is 6.92 Å². The number of alkyl halides is 4. The fourth-order valence-electron chi connectivity index (χ4n) is 5.54. The minimum absolute atomic E-state index is 0. The van der Waals surface area contributed by atoms with Gasteiger partial charge in [0.15, 0.2) is 5.67 Å². The Hall–Kier alpha value is -3.31. The Balaban J connectivity index is 0.00000370. The molecule has 1 amide bonds. The number of amidine groups is 1. The summed E-state index contributed by atoms with van der Waals surface area (Å²) in [5, 5.41) is 19.3. The molecule has 0 spiro atoms. The zero-order chi connectivity index (χ0) is 28.2. The molecule has 5 rings (SSSR count). The third kappa shape index (κ3) is 4.93. The van der Waals surface area contributed by atoms with Gasteiger partial charge in [-0.15, -0.1) is 0 Å². The van der Waals surface area contributed by atoms with Gasteiger partial charge in [-0.2, -0.15) is 13.2 Å². The van der Waals surface area contributed by atoms with Crippen molar-refractivity contribution in [1.29, 1.82) is 10.8 Å². The topological polar surface area (TPSA) is 92.5 Å². The highest BCUT2D eigenvalue weighted by Crippen LogP contribution is 2.43. The lowest BCUT2D eigenvalue weighted by molar-refractivity contribution is -0.138. The number of nitrogens with one attached hydrogen (secondary N) is 3. The molecule has 0 unspecified atom stereocenters. The van der Waals surface area contributed by atoms with Crippen LogP contribution in [0.25, 0.3) is 0 Å². The zero-order valence-electron chi connectivity index (χ0n) is 21.8. The van der Waals surface area contributed by atoms with Crippen molar-refractivity contribution >= 4 is 23.8 Å². The van der Waals surface area contributed by atoms with E-state index in [9.17, 15) is 18.0 Å². The van der Waals surface area contributed by atoms with Crippen LogP contribution in [0, 0.1) is 10.8 Å². The van der Waals surface area contributed by atoms with E-state index in [-0.39, 0.29) is 50.2 Å². The van der Waals surface area contributed by atoms with Crippen LogP contribution in [-0.2, 0) is 24.0 Å². The standard InChI is InChI=1S/C28H31F4N5O2.H2/c1-26(7-4-8-26)35-12-17-9-20-21(22(10-17)28(30,31)32)13-37(25(20)38)19-6-3-5-18(11-19)23(24(34)36(2)16-33)27(29)14-39-15-27;/h3,5-6,9-11,16,23,33-35H,4,7-8,12-15H2,1-2H3;1H/t23-;/m1./s1. The number of ether oxygens (including phenoxy) is 1. The summed E-state index contributed by atoms with van der Waals surface area (Å²) in [5.74, 6) is -1.82. The maximum absolute atomic E-state index is 15.6. The Morgan fingerprint density at radius 2 is 2.00 bits per heavy atom. The van der Waals surface area contributed by atoms with Gasteiger partial charge in [0.25, 0.3) is 5.91 Å². The third-order valence-corrected chi connectivity index (χ3v) is 8.15. The van der Waals surface area contributed by atoms with Gasteiger partial charge in [0.1, 0.15) is 5.84 Å². The molecule has 0 radical (unpaired) electrons. The molecule has 0 aromatic heterocycles. The number of halogens is 4. The summed E-state index contributed by atoms with van der Waals surface area (Å²) in [4.78, 5) is 15.9. The number of hydrogen-bond acceptors (Lipinski definition) is 5. The lowest BCUT2D eigenvalue weighted by Crippen LogP contribution is -2.54. The monoisotopic (exact) mass is 547 g/mol. The highest BCUT2D eigenvalue weighted by molar-refractivity contribution is 6.10. The van der Waals surface area contributed by atoms with Crippen LogP contribution in [0.2, 0.25) is 0 Å². The molecule has 39 heavy (non-hydrogen) atoms. The molecular formula is C28H33F4N5O2. The molecule has 7 nitrogen and oxygen atoms in total. The second-order valence-corrected chi connectivity index (χ2v) is 11.0. The second-order valence-electron chi connectivity index (χ2n) is 11.0. The molecule has 2 fully saturated rings. The van der Waals surface area contributed by atoms with E-state index in [2.05, 4.69) is 5.32 Å². The van der Waals surface area contributed by atoms with Crippen molar-refractivity contribution in [2.75, 3.05) is 25.2 Å². The molecule has 2 aliphatic heterocycles. The smallest absolute Gasteiger partial charge is 0.375 e. The van der Waals surface area contributed by atoms with E-state index in [4.69, 9.17) is 15.6 Å². The van der Waals surface area contributed by atoms with Crippen molar-refractivity contribution in [1.82, 2.24) is 10.2 Å². The van der Waals surface area contributed by atoms with Crippen LogP contribution in [0.5, 0.6) is 0 Å². The summed E-state index contributed by atoms with van der Waals surface area (Å²) in [7, 11) is 1.46. The van der Waals surface area contributed by atoms with Crippen LogP contribution in [0.4, 0.5) is 23.2 Å². The van der Waals surface area contributed by atoms with Crippen molar-refractivity contribution in [3.63, 3.8) is 0 Å². The van der Waals surface area contributed by atoms with E-state index >= 15 is 4.39 Å². The summed E-state index contributed by atoms with van der Waals surface area (Å²) >= 11 is 0. The Bertz CT molecular complexity index is 1330. The number of likely N-dealkylation sites (N-methyl/N-ethyl adjacent to an activating group) is 1. The molecule has 3 aliphatic rings. The van der Waals surface area contributed by atoms with Gasteiger partial charge in [0.05, 0.1) is 37.6 Å². The number of benzene rings is 2. The normalized spacial score (nSPS) is 20.1. The fourth-order valence-corrected chi connectivity index (χ4v) is 5.54. The number of carbonyl (C=O) groups is 1. The summed E-state index contributed by atoms with van der Waals surface area (Å²) in [6, 6.07) is 8.98. The molecule has 1 aliphatic carbocycles. The molecule has 11 heteroatoms. The molecule has 1 saturated heterocycles. The number of hydrogen-bond donors (Lipinski definition) is 3. The Morgan fingerprint density at radius 3 is 2.56 bits per heavy atom. The van der Waals surface area contributed by atoms with E-state index in [1.54, 1.807) is 18.2 Å². The SMILES string of the molecule is CN(C=N)C(=N)[C@@H](c1cccc(N2Cc3c(cc(CNC4(C)CCC4)cc3C(F)(F)F)C2=O)c1)C1(F)COC1.[HH]. The number of nitrogens with zero attached hydrogens (tertiary/aromatic N) is 2. The molecule has 2 aromatic carbocycles. The first-order valence-corrected chi connectivity index (χ1v) is 12.8. The number of anilines is 1. The average molecular weight is 548 g/mol. The van der Waals surface area contributed by atoms with Crippen molar-refractivity contribution in [2.24, 2.45) is 0 Å². The molecule has 1 saturated carbocycles. The minimum atomic E-state index is -4.64. The number of amides is 1. The number of carbonyl (C=O) groups excluding carboxylic acids is 1. The predicted molar refractivity (Wildman–Crippen MR) is 141 cm³/mol. The van der Waals surface area contributed by atoms with Crippen LogP contribution < -0.4 is 10.2 Å². The number of rotatable bonds is 8. The highest BCUT2D eigenvalue weighted by Gasteiger charge is 2.50. The van der Waals surface area contributed by atoms with Crippen molar-refractivity contribution in [3.8, 4) is 0 Å². The lowest BCUT2D eigenvalue weighted by atomic mass is 9.78. The maximum atomic E-state index is 15.6. The predicted octanol–water partition coefficient (Wildman–Crippen LogP) is 5.48. The average Bonchev–Trinajstić information content (AvgIpc) is 3.20. The Labute approximate surface area is 225 Å². The Kier molecular flexibility index (Phi) is 6.79. The van der Waals surface area contributed by atoms with E-state index in [1.165, 1.54) is 29.0 Å². The van der Waals surface area contributed by atoms with Gasteiger partial charge in [-0.25, -0.2) is 4.39 Å². The van der Waals surface area contributed by atoms with Crippen molar-refractivity contribution in [2.45, 2.75) is 62.6 Å². The highest BCUT2D eigenvalue weighted by atomic mass is 19.4. The van der Waals surface area contributed by atoms with Gasteiger partial charge in [0.2, 0.25) is 0 Å². The molecule has 3 N–H and O–H groups in total. The van der Waals surface area contributed by atoms with Gasteiger partial charge < -0.3 is 19.9 Å². The largest absolute Gasteiger partial charge is 0.416 e. The summed E-state index contributed by atoms with van der Waals surface area (Å²) in [5.41, 5.74) is -1.82. The van der Waals surface area contributed by atoms with E-state index < -0.39 is 29.2 Å². The third-order valence-electron chi connectivity index (χ3n) is 8.15. The number of fused-ring (bicyclic) bond motifs is 1. The zero-order valence-corrected chi connectivity index (χ0v) is 21.8. The van der Waals surface area contributed by atoms with Crippen molar-refractivity contribution in [3.05, 3.63) is 64.2 Å².